The molecule has 0 radical (unpaired) electrons. The molecule has 1 aromatic heterocycles. The van der Waals surface area contributed by atoms with Gasteiger partial charge in [-0.3, -0.25) is 4.79 Å². The summed E-state index contributed by atoms with van der Waals surface area (Å²) in [5.74, 6) is -0.130. The van der Waals surface area contributed by atoms with Gasteiger partial charge in [-0.1, -0.05) is 23.7 Å². The predicted molar refractivity (Wildman–Crippen MR) is 88.7 cm³/mol. The molecule has 5 nitrogen and oxygen atoms in total. The molecule has 23 heavy (non-hydrogen) atoms. The van der Waals surface area contributed by atoms with E-state index < -0.39 is 0 Å². The number of hydrogen-bond acceptors (Lipinski definition) is 3. The Bertz CT molecular complexity index is 782. The average Bonchev–Trinajstić information content (AvgIpc) is 3.10. The number of carbonyl (C=O) groups excluding carboxylic acids is 1. The van der Waals surface area contributed by atoms with Crippen molar-refractivity contribution in [3.8, 4) is 5.69 Å². The monoisotopic (exact) mass is 326 g/mol. The fourth-order valence-corrected chi connectivity index (χ4v) is 2.35. The van der Waals surface area contributed by atoms with Crippen molar-refractivity contribution >= 4 is 17.5 Å². The largest absolute Gasteiger partial charge is 0.346 e. The molecule has 1 unspecified atom stereocenters. The van der Waals surface area contributed by atoms with E-state index in [0.717, 1.165) is 11.3 Å². The van der Waals surface area contributed by atoms with E-state index in [1.165, 1.54) is 6.33 Å². The van der Waals surface area contributed by atoms with Crippen LogP contribution in [0.4, 0.5) is 0 Å². The van der Waals surface area contributed by atoms with E-state index in [2.05, 4.69) is 15.4 Å². The molecule has 1 N–H and O–H groups in total. The summed E-state index contributed by atoms with van der Waals surface area (Å²) in [5, 5.41) is 7.66. The molecular weight excluding hydrogens is 312 g/mol. The van der Waals surface area contributed by atoms with Gasteiger partial charge in [0.25, 0.3) is 5.91 Å². The fraction of sp³-hybridized carbons (Fsp3) is 0.118. The molecule has 0 aliphatic carbocycles. The summed E-state index contributed by atoms with van der Waals surface area (Å²) >= 11 is 5.83. The first-order valence-electron chi connectivity index (χ1n) is 7.15. The van der Waals surface area contributed by atoms with Crippen LogP contribution in [0.5, 0.6) is 0 Å². The van der Waals surface area contributed by atoms with Crippen molar-refractivity contribution < 1.29 is 4.79 Å². The number of nitrogens with zero attached hydrogens (tertiary/aromatic N) is 3. The van der Waals surface area contributed by atoms with Gasteiger partial charge in [-0.15, -0.1) is 0 Å². The zero-order valence-corrected chi connectivity index (χ0v) is 13.2. The van der Waals surface area contributed by atoms with Gasteiger partial charge in [0.15, 0.2) is 0 Å². The molecule has 0 aliphatic heterocycles. The lowest BCUT2D eigenvalue weighted by molar-refractivity contribution is 0.0940. The van der Waals surface area contributed by atoms with Crippen LogP contribution < -0.4 is 5.32 Å². The molecule has 3 rings (SSSR count). The number of rotatable bonds is 4. The third kappa shape index (κ3) is 3.57. The minimum absolute atomic E-state index is 0.108. The molecule has 0 aliphatic rings. The second kappa shape index (κ2) is 6.62. The fourth-order valence-electron chi connectivity index (χ4n) is 2.22. The predicted octanol–water partition coefficient (Wildman–Crippen LogP) is 3.41. The number of nitrogens with one attached hydrogen (secondary N) is 1. The number of carbonyl (C=O) groups is 1. The second-order valence-electron chi connectivity index (χ2n) is 5.13. The topological polar surface area (TPSA) is 59.8 Å². The second-order valence-corrected chi connectivity index (χ2v) is 5.57. The minimum Gasteiger partial charge on any atom is -0.346 e. The highest BCUT2D eigenvalue weighted by Gasteiger charge is 2.11. The van der Waals surface area contributed by atoms with E-state index in [9.17, 15) is 4.79 Å². The average molecular weight is 327 g/mol. The van der Waals surface area contributed by atoms with Gasteiger partial charge in [0.2, 0.25) is 0 Å². The third-order valence-electron chi connectivity index (χ3n) is 3.53. The van der Waals surface area contributed by atoms with Crippen molar-refractivity contribution in [3.63, 3.8) is 0 Å². The first-order valence-corrected chi connectivity index (χ1v) is 7.52. The summed E-state index contributed by atoms with van der Waals surface area (Å²) in [5.41, 5.74) is 2.51. The SMILES string of the molecule is CC(NC(=O)c1ccc(Cl)cc1)c1ccc(-n2cncn2)cc1. The first kappa shape index (κ1) is 15.2. The van der Waals surface area contributed by atoms with Crippen LogP contribution in [0.25, 0.3) is 5.69 Å². The number of amides is 1. The molecule has 0 saturated heterocycles. The quantitative estimate of drug-likeness (QED) is 0.799. The molecule has 3 aromatic rings. The third-order valence-corrected chi connectivity index (χ3v) is 3.78. The van der Waals surface area contributed by atoms with Crippen molar-refractivity contribution in [1.29, 1.82) is 0 Å². The zero-order chi connectivity index (χ0) is 16.2. The summed E-state index contributed by atoms with van der Waals surface area (Å²) < 4.78 is 1.68. The lowest BCUT2D eigenvalue weighted by Crippen LogP contribution is -2.26. The van der Waals surface area contributed by atoms with Gasteiger partial charge in [0.05, 0.1) is 11.7 Å². The summed E-state index contributed by atoms with van der Waals surface area (Å²) in [6.07, 6.45) is 3.13. The summed E-state index contributed by atoms with van der Waals surface area (Å²) in [6.45, 7) is 1.94. The molecule has 116 valence electrons. The van der Waals surface area contributed by atoms with E-state index in [0.29, 0.717) is 10.6 Å². The normalized spacial score (nSPS) is 11.9. The highest BCUT2D eigenvalue weighted by atomic mass is 35.5. The number of benzene rings is 2. The molecule has 1 amide bonds. The van der Waals surface area contributed by atoms with Gasteiger partial charge >= 0.3 is 0 Å². The van der Waals surface area contributed by atoms with Crippen LogP contribution in [0.15, 0.2) is 61.2 Å². The number of aromatic nitrogens is 3. The van der Waals surface area contributed by atoms with Crippen molar-refractivity contribution in [1.82, 2.24) is 20.1 Å². The molecule has 2 aromatic carbocycles. The first-order chi connectivity index (χ1) is 11.1. The maximum Gasteiger partial charge on any atom is 0.251 e. The standard InChI is InChI=1S/C17H15ClN4O/c1-12(21-17(23)14-2-6-15(18)7-3-14)13-4-8-16(9-5-13)22-11-19-10-20-22/h2-12H,1H3,(H,21,23). The maximum absolute atomic E-state index is 12.2. The van der Waals surface area contributed by atoms with Gasteiger partial charge in [-0.25, -0.2) is 9.67 Å². The molecular formula is C17H15ClN4O. The van der Waals surface area contributed by atoms with Crippen LogP contribution in [0.2, 0.25) is 5.02 Å². The van der Waals surface area contributed by atoms with Gasteiger partial charge in [0.1, 0.15) is 12.7 Å². The van der Waals surface area contributed by atoms with Crippen molar-refractivity contribution in [2.75, 3.05) is 0 Å². The van der Waals surface area contributed by atoms with E-state index in [4.69, 9.17) is 11.6 Å². The molecule has 0 fully saturated rings. The molecule has 6 heteroatoms. The van der Waals surface area contributed by atoms with Crippen molar-refractivity contribution in [2.45, 2.75) is 13.0 Å². The number of hydrogen-bond donors (Lipinski definition) is 1. The number of halogens is 1. The Hall–Kier alpha value is -2.66. The lowest BCUT2D eigenvalue weighted by Gasteiger charge is -2.15. The molecule has 0 spiro atoms. The minimum atomic E-state index is -0.130. The van der Waals surface area contributed by atoms with Gasteiger partial charge in [-0.05, 0) is 48.9 Å². The smallest absolute Gasteiger partial charge is 0.251 e. The van der Waals surface area contributed by atoms with E-state index in [1.807, 2.05) is 31.2 Å². The Kier molecular flexibility index (Phi) is 4.39. The van der Waals surface area contributed by atoms with Crippen LogP contribution >= 0.6 is 11.6 Å². The Morgan fingerprint density at radius 2 is 1.83 bits per heavy atom. The highest BCUT2D eigenvalue weighted by molar-refractivity contribution is 6.30. The van der Waals surface area contributed by atoms with Crippen LogP contribution in [0, 0.1) is 0 Å². The maximum atomic E-state index is 12.2. The molecule has 0 saturated carbocycles. The van der Waals surface area contributed by atoms with E-state index in [1.54, 1.807) is 35.3 Å². The highest BCUT2D eigenvalue weighted by Crippen LogP contribution is 2.16. The van der Waals surface area contributed by atoms with Crippen LogP contribution in [-0.4, -0.2) is 20.7 Å². The molecule has 1 atom stereocenters. The lowest BCUT2D eigenvalue weighted by atomic mass is 10.1. The van der Waals surface area contributed by atoms with Crippen molar-refractivity contribution in [3.05, 3.63) is 77.3 Å². The van der Waals surface area contributed by atoms with Crippen LogP contribution in [-0.2, 0) is 0 Å². The Morgan fingerprint density at radius 1 is 1.13 bits per heavy atom. The van der Waals surface area contributed by atoms with Gasteiger partial charge < -0.3 is 5.32 Å². The van der Waals surface area contributed by atoms with E-state index >= 15 is 0 Å². The summed E-state index contributed by atoms with van der Waals surface area (Å²) in [6, 6.07) is 14.5. The van der Waals surface area contributed by atoms with Crippen LogP contribution in [0.1, 0.15) is 28.9 Å². The molecule has 0 bridgehead atoms. The Morgan fingerprint density at radius 3 is 2.43 bits per heavy atom. The van der Waals surface area contributed by atoms with Gasteiger partial charge in [-0.2, -0.15) is 5.10 Å². The van der Waals surface area contributed by atoms with Crippen molar-refractivity contribution in [2.24, 2.45) is 0 Å². The van der Waals surface area contributed by atoms with Crippen LogP contribution in [0.3, 0.4) is 0 Å². The van der Waals surface area contributed by atoms with Gasteiger partial charge in [0, 0.05) is 10.6 Å². The summed E-state index contributed by atoms with van der Waals surface area (Å²) in [7, 11) is 0. The Balaban J connectivity index is 1.69. The summed E-state index contributed by atoms with van der Waals surface area (Å²) in [4.78, 5) is 16.1. The molecule has 1 heterocycles. The van der Waals surface area contributed by atoms with E-state index in [-0.39, 0.29) is 11.9 Å². The zero-order valence-electron chi connectivity index (χ0n) is 12.5. The Labute approximate surface area is 138 Å².